The smallest absolute Gasteiger partial charge is 0.278 e. The van der Waals surface area contributed by atoms with Crippen LogP contribution in [0.25, 0.3) is 0 Å². The first-order valence-electron chi connectivity index (χ1n) is 12.2. The lowest BCUT2D eigenvalue weighted by molar-refractivity contribution is -0.384. The summed E-state index contributed by atoms with van der Waals surface area (Å²) in [6.45, 7) is 13.4. The Morgan fingerprint density at radius 1 is 1.12 bits per heavy atom. The van der Waals surface area contributed by atoms with Crippen molar-refractivity contribution >= 4 is 23.5 Å². The summed E-state index contributed by atoms with van der Waals surface area (Å²) >= 11 is 0. The molecule has 7 nitrogen and oxygen atoms in total. The van der Waals surface area contributed by atoms with E-state index >= 15 is 0 Å². The van der Waals surface area contributed by atoms with Crippen LogP contribution in [0.3, 0.4) is 0 Å². The minimum Gasteiger partial charge on any atom is -0.363 e. The molecule has 1 aromatic rings. The van der Waals surface area contributed by atoms with Crippen LogP contribution in [0.2, 0.25) is 0 Å². The Morgan fingerprint density at radius 3 is 2.29 bits per heavy atom. The van der Waals surface area contributed by atoms with Gasteiger partial charge in [0.2, 0.25) is 0 Å². The quantitative estimate of drug-likeness (QED) is 0.224. The first-order valence-corrected chi connectivity index (χ1v) is 12.2. The topological polar surface area (TPSA) is 87.8 Å². The third-order valence-corrected chi connectivity index (χ3v) is 8.86. The largest absolute Gasteiger partial charge is 0.363 e. The molecule has 1 aliphatic heterocycles. The number of non-ortho nitro benzene ring substituents is 1. The first kappa shape index (κ1) is 24.2. The summed E-state index contributed by atoms with van der Waals surface area (Å²) in [7, 11) is 0. The SMILES string of the molecule is CC1=CC[C@H](C/C=N\N2C(=O)c3ccc([N+](=O)[O-])cc3N[C@@H]2C[C@@H]2CC=C(C)C2(C)C)C1(C)C. The Balaban J connectivity index is 1.60. The van der Waals surface area contributed by atoms with Gasteiger partial charge in [0, 0.05) is 18.3 Å². The molecule has 0 unspecified atom stereocenters. The second-order valence-electron chi connectivity index (χ2n) is 11.1. The molecule has 2 aliphatic carbocycles. The highest BCUT2D eigenvalue weighted by molar-refractivity contribution is 6.02. The number of benzene rings is 1. The van der Waals surface area contributed by atoms with Crippen molar-refractivity contribution in [1.29, 1.82) is 0 Å². The second kappa shape index (κ2) is 8.67. The average Bonchev–Trinajstić information content (AvgIpc) is 3.18. The minimum atomic E-state index is -0.432. The number of nitro groups is 1. The summed E-state index contributed by atoms with van der Waals surface area (Å²) in [6, 6.07) is 4.36. The Bertz CT molecular complexity index is 1100. The van der Waals surface area contributed by atoms with Crippen molar-refractivity contribution in [2.45, 2.75) is 73.4 Å². The lowest BCUT2D eigenvalue weighted by Gasteiger charge is -2.39. The van der Waals surface area contributed by atoms with Gasteiger partial charge in [-0.25, -0.2) is 5.01 Å². The van der Waals surface area contributed by atoms with E-state index in [1.165, 1.54) is 29.3 Å². The van der Waals surface area contributed by atoms with E-state index in [4.69, 9.17) is 0 Å². The van der Waals surface area contributed by atoms with Gasteiger partial charge in [0.25, 0.3) is 11.6 Å². The van der Waals surface area contributed by atoms with Crippen molar-refractivity contribution in [2.24, 2.45) is 27.8 Å². The van der Waals surface area contributed by atoms with E-state index in [-0.39, 0.29) is 28.6 Å². The number of nitrogens with zero attached hydrogens (tertiary/aromatic N) is 3. The summed E-state index contributed by atoms with van der Waals surface area (Å²) < 4.78 is 0. The molecule has 1 N–H and O–H groups in total. The maximum absolute atomic E-state index is 13.5. The molecule has 1 heterocycles. The molecule has 3 aliphatic rings. The van der Waals surface area contributed by atoms with Crippen LogP contribution in [0.5, 0.6) is 0 Å². The Labute approximate surface area is 202 Å². The summed E-state index contributed by atoms with van der Waals surface area (Å²) in [4.78, 5) is 24.4. The van der Waals surface area contributed by atoms with Gasteiger partial charge in [0.05, 0.1) is 16.2 Å². The number of hydrazone groups is 1. The molecular formula is C27H36N4O3. The third kappa shape index (κ3) is 4.17. The monoisotopic (exact) mass is 464 g/mol. The summed E-state index contributed by atoms with van der Waals surface area (Å²) in [5.74, 6) is 0.583. The maximum Gasteiger partial charge on any atom is 0.278 e. The second-order valence-corrected chi connectivity index (χ2v) is 11.1. The predicted molar refractivity (Wildman–Crippen MR) is 136 cm³/mol. The fourth-order valence-corrected chi connectivity index (χ4v) is 5.46. The van der Waals surface area contributed by atoms with E-state index in [0.29, 0.717) is 29.5 Å². The molecule has 0 aromatic heterocycles. The van der Waals surface area contributed by atoms with Gasteiger partial charge in [0.15, 0.2) is 0 Å². The Morgan fingerprint density at radius 2 is 1.74 bits per heavy atom. The molecule has 182 valence electrons. The predicted octanol–water partition coefficient (Wildman–Crippen LogP) is 6.54. The molecule has 0 spiro atoms. The van der Waals surface area contributed by atoms with Crippen LogP contribution in [0.1, 0.15) is 77.6 Å². The number of nitrogens with one attached hydrogen (secondary N) is 1. The number of carbonyl (C=O) groups is 1. The van der Waals surface area contributed by atoms with E-state index in [9.17, 15) is 14.9 Å². The lowest BCUT2D eigenvalue weighted by Crippen LogP contribution is -2.47. The number of rotatable bonds is 6. The molecule has 3 atom stereocenters. The minimum absolute atomic E-state index is 0.0279. The lowest BCUT2D eigenvalue weighted by atomic mass is 9.75. The maximum atomic E-state index is 13.5. The van der Waals surface area contributed by atoms with Crippen molar-refractivity contribution < 1.29 is 9.72 Å². The van der Waals surface area contributed by atoms with Crippen LogP contribution in [0, 0.1) is 32.8 Å². The zero-order chi connectivity index (χ0) is 24.8. The van der Waals surface area contributed by atoms with Gasteiger partial charge in [-0.15, -0.1) is 0 Å². The number of nitro benzene ring substituents is 1. The van der Waals surface area contributed by atoms with Gasteiger partial charge in [-0.3, -0.25) is 14.9 Å². The highest BCUT2D eigenvalue weighted by Crippen LogP contribution is 2.47. The highest BCUT2D eigenvalue weighted by Gasteiger charge is 2.41. The van der Waals surface area contributed by atoms with Gasteiger partial charge < -0.3 is 5.32 Å². The standard InChI is InChI=1S/C27H36N4O3/c1-17-7-9-19(26(17,3)4)13-14-28-30-24(15-20-10-8-18(2)27(20,5)6)29-23-16-21(31(33)34)11-12-22(23)25(30)32/h7-8,11-12,14,16,19-20,24,29H,9-10,13,15H2,1-6H3/b28-14-/t19-,20+,24+/m1/s1. The zero-order valence-electron chi connectivity index (χ0n) is 21.1. The molecule has 0 saturated heterocycles. The van der Waals surface area contributed by atoms with Crippen molar-refractivity contribution in [3.8, 4) is 0 Å². The molecule has 0 radical (unpaired) electrons. The van der Waals surface area contributed by atoms with Gasteiger partial charge >= 0.3 is 0 Å². The van der Waals surface area contributed by atoms with Crippen LogP contribution in [0.15, 0.2) is 46.6 Å². The van der Waals surface area contributed by atoms with Crippen molar-refractivity contribution in [3.63, 3.8) is 0 Å². The Hall–Kier alpha value is -2.96. The number of allylic oxidation sites excluding steroid dienone is 4. The van der Waals surface area contributed by atoms with Gasteiger partial charge in [-0.05, 0) is 68.3 Å². The summed E-state index contributed by atoms with van der Waals surface area (Å²) in [5, 5.41) is 21.0. The number of amides is 1. The van der Waals surface area contributed by atoms with Crippen molar-refractivity contribution in [1.82, 2.24) is 5.01 Å². The van der Waals surface area contributed by atoms with E-state index in [1.807, 2.05) is 6.21 Å². The van der Waals surface area contributed by atoms with Gasteiger partial charge in [0.1, 0.15) is 6.17 Å². The average molecular weight is 465 g/mol. The molecule has 7 heteroatoms. The van der Waals surface area contributed by atoms with Crippen molar-refractivity contribution in [2.75, 3.05) is 5.32 Å². The normalized spacial score (nSPS) is 27.4. The number of fused-ring (bicyclic) bond motifs is 1. The third-order valence-electron chi connectivity index (χ3n) is 8.86. The number of carbonyl (C=O) groups excluding carboxylic acids is 1. The Kier molecular flexibility index (Phi) is 6.17. The molecule has 1 amide bonds. The van der Waals surface area contributed by atoms with E-state index in [2.05, 4.69) is 64.1 Å². The van der Waals surface area contributed by atoms with Crippen molar-refractivity contribution in [3.05, 3.63) is 57.2 Å². The van der Waals surface area contributed by atoms with E-state index in [0.717, 1.165) is 19.3 Å². The van der Waals surface area contributed by atoms with E-state index < -0.39 is 4.92 Å². The molecule has 4 rings (SSSR count). The van der Waals surface area contributed by atoms with Crippen LogP contribution in [-0.4, -0.2) is 28.2 Å². The summed E-state index contributed by atoms with van der Waals surface area (Å²) in [5.41, 5.74) is 3.81. The number of anilines is 1. The number of hydrogen-bond donors (Lipinski definition) is 1. The molecule has 0 bridgehead atoms. The van der Waals surface area contributed by atoms with E-state index in [1.54, 1.807) is 5.01 Å². The zero-order valence-corrected chi connectivity index (χ0v) is 21.1. The fourth-order valence-electron chi connectivity index (χ4n) is 5.46. The van der Waals surface area contributed by atoms with Gasteiger partial charge in [-0.1, -0.05) is 51.0 Å². The first-order chi connectivity index (χ1) is 15.9. The van der Waals surface area contributed by atoms with Crippen LogP contribution in [-0.2, 0) is 0 Å². The van der Waals surface area contributed by atoms with Gasteiger partial charge in [-0.2, -0.15) is 5.10 Å². The van der Waals surface area contributed by atoms with Crippen LogP contribution < -0.4 is 5.32 Å². The molecule has 34 heavy (non-hydrogen) atoms. The molecule has 0 fully saturated rings. The molecule has 0 saturated carbocycles. The fraction of sp³-hybridized carbons (Fsp3) is 0.556. The highest BCUT2D eigenvalue weighted by atomic mass is 16.6. The van der Waals surface area contributed by atoms with Crippen LogP contribution >= 0.6 is 0 Å². The molecular weight excluding hydrogens is 428 g/mol. The molecule has 1 aromatic carbocycles. The number of hydrogen-bond acceptors (Lipinski definition) is 5. The van der Waals surface area contributed by atoms with Crippen LogP contribution in [0.4, 0.5) is 11.4 Å². The summed E-state index contributed by atoms with van der Waals surface area (Å²) in [6.07, 6.45) is 9.57.